The number of anilines is 1. The fraction of sp³-hybridized carbons (Fsp3) is 0.360. The lowest BCUT2D eigenvalue weighted by atomic mass is 9.94. The van der Waals surface area contributed by atoms with Crippen LogP contribution in [0, 0.1) is 6.92 Å². The maximum atomic E-state index is 13.7. The summed E-state index contributed by atoms with van der Waals surface area (Å²) in [5, 5.41) is 11.5. The van der Waals surface area contributed by atoms with Gasteiger partial charge in [-0.1, -0.05) is 18.7 Å². The van der Waals surface area contributed by atoms with Gasteiger partial charge in [-0.15, -0.1) is 0 Å². The Kier molecular flexibility index (Phi) is 6.59. The Morgan fingerprint density at radius 3 is 2.61 bits per heavy atom. The van der Waals surface area contributed by atoms with Crippen molar-refractivity contribution in [3.05, 3.63) is 74.6 Å². The molecule has 2 aliphatic rings. The second kappa shape index (κ2) is 9.50. The molecule has 4 rings (SSSR count). The van der Waals surface area contributed by atoms with E-state index < -0.39 is 35.5 Å². The Morgan fingerprint density at radius 1 is 1.22 bits per heavy atom. The Hall–Kier alpha value is -4.12. The summed E-state index contributed by atoms with van der Waals surface area (Å²) in [5.41, 5.74) is 0.890. The number of aromatic nitrogens is 2. The lowest BCUT2D eigenvalue weighted by Gasteiger charge is -2.38. The van der Waals surface area contributed by atoms with Crippen LogP contribution in [-0.2, 0) is 18.8 Å². The molecule has 3 heterocycles. The summed E-state index contributed by atoms with van der Waals surface area (Å²) >= 11 is 0. The SMILES string of the molecule is C=CCOC(=O)N1c2cc(C)c(OC)cc2C(=O)N2CC=C(c3cn(C)c(=O)n(C)c3=O)C[C@H]2C1O. The second-order valence-corrected chi connectivity index (χ2v) is 8.75. The third-order valence-corrected chi connectivity index (χ3v) is 6.55. The van der Waals surface area contributed by atoms with Crippen LogP contribution in [0.15, 0.2) is 46.6 Å². The van der Waals surface area contributed by atoms with Crippen LogP contribution in [-0.4, -0.2) is 63.7 Å². The first-order chi connectivity index (χ1) is 17.1. The average molecular weight is 497 g/mol. The molecule has 11 nitrogen and oxygen atoms in total. The first-order valence-corrected chi connectivity index (χ1v) is 11.3. The van der Waals surface area contributed by atoms with Crippen molar-refractivity contribution in [2.45, 2.75) is 25.6 Å². The molecule has 0 saturated carbocycles. The normalized spacial score (nSPS) is 19.1. The van der Waals surface area contributed by atoms with Crippen LogP contribution in [0.25, 0.3) is 5.57 Å². The van der Waals surface area contributed by atoms with Gasteiger partial charge in [0.2, 0.25) is 0 Å². The van der Waals surface area contributed by atoms with Crippen LogP contribution in [0.3, 0.4) is 0 Å². The topological polar surface area (TPSA) is 123 Å². The zero-order valence-electron chi connectivity index (χ0n) is 20.6. The molecule has 1 aromatic heterocycles. The van der Waals surface area contributed by atoms with E-state index in [1.807, 2.05) is 0 Å². The molecule has 1 N–H and O–H groups in total. The Bertz CT molecular complexity index is 1400. The lowest BCUT2D eigenvalue weighted by Crippen LogP contribution is -2.54. The van der Waals surface area contributed by atoms with E-state index in [1.165, 1.54) is 49.0 Å². The number of carbonyl (C=O) groups excluding carboxylic acids is 2. The van der Waals surface area contributed by atoms with Crippen molar-refractivity contribution in [2.75, 3.05) is 25.2 Å². The van der Waals surface area contributed by atoms with E-state index in [4.69, 9.17) is 9.47 Å². The van der Waals surface area contributed by atoms with Crippen LogP contribution in [0.4, 0.5) is 10.5 Å². The third-order valence-electron chi connectivity index (χ3n) is 6.55. The number of hydrogen-bond donors (Lipinski definition) is 1. The fourth-order valence-electron chi connectivity index (χ4n) is 4.65. The van der Waals surface area contributed by atoms with E-state index in [2.05, 4.69) is 6.58 Å². The number of amides is 2. The number of ether oxygens (including phenoxy) is 2. The lowest BCUT2D eigenvalue weighted by molar-refractivity contribution is 0.0397. The largest absolute Gasteiger partial charge is 0.496 e. The first kappa shape index (κ1) is 25.0. The highest BCUT2D eigenvalue weighted by molar-refractivity contribution is 6.06. The number of carbonyl (C=O) groups is 2. The van der Waals surface area contributed by atoms with Gasteiger partial charge in [0, 0.05) is 26.8 Å². The molecule has 0 bridgehead atoms. The number of nitrogens with zero attached hydrogens (tertiary/aromatic N) is 4. The summed E-state index contributed by atoms with van der Waals surface area (Å²) in [4.78, 5) is 54.3. The van der Waals surface area contributed by atoms with Gasteiger partial charge in [-0.25, -0.2) is 14.5 Å². The van der Waals surface area contributed by atoms with Gasteiger partial charge in [-0.3, -0.25) is 14.2 Å². The summed E-state index contributed by atoms with van der Waals surface area (Å²) in [6.07, 6.45) is 2.29. The number of aliphatic hydroxyl groups excluding tert-OH is 1. The number of benzene rings is 1. The molecule has 2 amide bonds. The molecule has 0 radical (unpaired) electrons. The van der Waals surface area contributed by atoms with Crippen molar-refractivity contribution < 1.29 is 24.2 Å². The van der Waals surface area contributed by atoms with E-state index in [9.17, 15) is 24.3 Å². The fourth-order valence-corrected chi connectivity index (χ4v) is 4.65. The zero-order chi connectivity index (χ0) is 26.3. The smallest absolute Gasteiger partial charge is 0.416 e. The molecule has 2 aromatic rings. The minimum atomic E-state index is -1.49. The van der Waals surface area contributed by atoms with Gasteiger partial charge in [0.05, 0.1) is 30.0 Å². The molecule has 1 aromatic carbocycles. The van der Waals surface area contributed by atoms with Crippen molar-refractivity contribution in [2.24, 2.45) is 14.1 Å². The van der Waals surface area contributed by atoms with Gasteiger partial charge in [0.1, 0.15) is 12.4 Å². The molecule has 1 unspecified atom stereocenters. The van der Waals surface area contributed by atoms with Gasteiger partial charge >= 0.3 is 11.8 Å². The molecule has 2 aliphatic heterocycles. The second-order valence-electron chi connectivity index (χ2n) is 8.75. The summed E-state index contributed by atoms with van der Waals surface area (Å²) < 4.78 is 12.9. The number of methoxy groups -OCH3 is 1. The minimum Gasteiger partial charge on any atom is -0.496 e. The molecule has 36 heavy (non-hydrogen) atoms. The number of aryl methyl sites for hydroxylation is 2. The van der Waals surface area contributed by atoms with Crippen LogP contribution in [0.1, 0.15) is 27.9 Å². The van der Waals surface area contributed by atoms with Crippen molar-refractivity contribution >= 4 is 23.3 Å². The highest BCUT2D eigenvalue weighted by atomic mass is 16.6. The maximum absolute atomic E-state index is 13.7. The van der Waals surface area contributed by atoms with Crippen LogP contribution < -0.4 is 20.9 Å². The van der Waals surface area contributed by atoms with E-state index in [0.717, 1.165) is 9.47 Å². The van der Waals surface area contributed by atoms with Gasteiger partial charge in [0.15, 0.2) is 6.23 Å². The molecule has 2 atom stereocenters. The quantitative estimate of drug-likeness (QED) is 0.630. The van der Waals surface area contributed by atoms with Crippen LogP contribution in [0.2, 0.25) is 0 Å². The van der Waals surface area contributed by atoms with Gasteiger partial charge in [0.25, 0.3) is 11.5 Å². The summed E-state index contributed by atoms with van der Waals surface area (Å²) in [5.74, 6) is 0.0476. The Balaban J connectivity index is 1.85. The van der Waals surface area contributed by atoms with Gasteiger partial charge in [-0.05, 0) is 36.6 Å². The monoisotopic (exact) mass is 496 g/mol. The summed E-state index contributed by atoms with van der Waals surface area (Å²) in [6, 6.07) is 2.24. The minimum absolute atomic E-state index is 0.0652. The summed E-state index contributed by atoms with van der Waals surface area (Å²) in [6.45, 7) is 5.29. The standard InChI is InChI=1S/C25H28N4O7/c1-6-9-36-25(34)29-18-10-14(2)20(35-5)12-16(18)22(31)28-8-7-15(11-19(28)23(29)32)17-13-26(3)24(33)27(4)21(17)30/h6-7,10,12-13,19,23,32H,1,8-9,11H2,2-5H3/t19-,23?/m0/s1. The third kappa shape index (κ3) is 4.01. The van der Waals surface area contributed by atoms with Crippen molar-refractivity contribution in [1.82, 2.24) is 14.0 Å². The van der Waals surface area contributed by atoms with Crippen LogP contribution >= 0.6 is 0 Å². The van der Waals surface area contributed by atoms with Crippen LogP contribution in [0.5, 0.6) is 5.75 Å². The molecular weight excluding hydrogens is 468 g/mol. The zero-order valence-corrected chi connectivity index (χ0v) is 20.6. The van der Waals surface area contributed by atoms with Gasteiger partial charge < -0.3 is 24.0 Å². The number of rotatable bonds is 4. The number of fused-ring (bicyclic) bond motifs is 2. The maximum Gasteiger partial charge on any atom is 0.416 e. The molecule has 0 fully saturated rings. The van der Waals surface area contributed by atoms with E-state index in [0.29, 0.717) is 16.9 Å². The van der Waals surface area contributed by atoms with Crippen molar-refractivity contribution in [3.8, 4) is 5.75 Å². The van der Waals surface area contributed by atoms with E-state index >= 15 is 0 Å². The molecule has 0 aliphatic carbocycles. The number of hydrogen-bond acceptors (Lipinski definition) is 7. The molecule has 0 spiro atoms. The average Bonchev–Trinajstić information content (AvgIpc) is 2.95. The Labute approximate surface area is 207 Å². The number of aliphatic hydroxyl groups is 1. The molecule has 11 heteroatoms. The van der Waals surface area contributed by atoms with Crippen molar-refractivity contribution in [3.63, 3.8) is 0 Å². The van der Waals surface area contributed by atoms with Gasteiger partial charge in [-0.2, -0.15) is 0 Å². The van der Waals surface area contributed by atoms with Crippen molar-refractivity contribution in [1.29, 1.82) is 0 Å². The first-order valence-electron chi connectivity index (χ1n) is 11.3. The Morgan fingerprint density at radius 2 is 1.94 bits per heavy atom. The van der Waals surface area contributed by atoms with E-state index in [1.54, 1.807) is 19.1 Å². The summed E-state index contributed by atoms with van der Waals surface area (Å²) in [7, 11) is 4.40. The van der Waals surface area contributed by atoms with E-state index in [-0.39, 0.29) is 36.4 Å². The predicted molar refractivity (Wildman–Crippen MR) is 132 cm³/mol. The predicted octanol–water partition coefficient (Wildman–Crippen LogP) is 1.16. The molecule has 0 saturated heterocycles. The molecule has 190 valence electrons. The highest BCUT2D eigenvalue weighted by Crippen LogP contribution is 2.38. The molecular formula is C25H28N4O7. The highest BCUT2D eigenvalue weighted by Gasteiger charge is 2.44.